The van der Waals surface area contributed by atoms with Crippen LogP contribution in [0.25, 0.3) is 22.3 Å². The first-order chi connectivity index (χ1) is 21.5. The standard InChI is InChI=1S/C30H21F13O4/c1-3-46-23(44)18-15-19(25(31,32)26(33,34)27(35,36)28(37,38)29(39,40)30(41,42)43)22(24(45)47-4-2)21(17-13-9-6-10-14-17)20(18)16-11-7-5-8-12-16/h5-15H,3-4H2,1-2H3. The van der Waals surface area contributed by atoms with Crippen molar-refractivity contribution in [3.63, 3.8) is 0 Å². The molecule has 3 aromatic rings. The maximum atomic E-state index is 15.9. The average molecular weight is 692 g/mol. The van der Waals surface area contributed by atoms with Crippen LogP contribution in [0.4, 0.5) is 57.1 Å². The van der Waals surface area contributed by atoms with Crippen molar-refractivity contribution in [3.8, 4) is 22.3 Å². The third-order valence-electron chi connectivity index (χ3n) is 6.70. The molecule has 0 saturated heterocycles. The van der Waals surface area contributed by atoms with E-state index in [4.69, 9.17) is 9.47 Å². The van der Waals surface area contributed by atoms with E-state index < -0.39 is 88.8 Å². The lowest BCUT2D eigenvalue weighted by molar-refractivity contribution is -0.441. The van der Waals surface area contributed by atoms with Crippen LogP contribution in [-0.2, 0) is 15.4 Å². The molecule has 0 radical (unpaired) electrons. The summed E-state index contributed by atoms with van der Waals surface area (Å²) < 4.78 is 194. The Morgan fingerprint density at radius 1 is 0.553 bits per heavy atom. The number of benzene rings is 3. The molecule has 256 valence electrons. The maximum Gasteiger partial charge on any atom is 0.460 e. The van der Waals surface area contributed by atoms with Crippen molar-refractivity contribution in [2.45, 2.75) is 49.6 Å². The molecule has 0 aliphatic rings. The second-order valence-electron chi connectivity index (χ2n) is 9.64. The van der Waals surface area contributed by atoms with Gasteiger partial charge >= 0.3 is 47.7 Å². The lowest BCUT2D eigenvalue weighted by atomic mass is 9.80. The third kappa shape index (κ3) is 5.99. The molecular formula is C30H21F13O4. The predicted octanol–water partition coefficient (Wildman–Crippen LogP) is 9.57. The molecule has 17 heteroatoms. The molecule has 0 saturated carbocycles. The Kier molecular flexibility index (Phi) is 10.0. The van der Waals surface area contributed by atoms with Crippen LogP contribution in [0.2, 0.25) is 0 Å². The van der Waals surface area contributed by atoms with Gasteiger partial charge in [0.25, 0.3) is 0 Å². The SMILES string of the molecule is CCOC(=O)c1cc(C(F)(F)C(F)(F)C(F)(F)C(F)(F)C(F)(F)C(F)(F)F)c(C(=O)OCC)c(-c2ccccc2)c1-c1ccccc1. The number of halogens is 13. The fourth-order valence-electron chi connectivity index (χ4n) is 4.45. The minimum atomic E-state index is -8.19. The van der Waals surface area contributed by atoms with Crippen molar-refractivity contribution in [1.29, 1.82) is 0 Å². The quantitative estimate of drug-likeness (QED) is 0.148. The number of carbonyl (C=O) groups excluding carboxylic acids is 2. The number of ether oxygens (including phenoxy) is 2. The van der Waals surface area contributed by atoms with Crippen molar-refractivity contribution in [3.05, 3.63) is 83.4 Å². The molecule has 0 aliphatic carbocycles. The van der Waals surface area contributed by atoms with Gasteiger partial charge in [0.1, 0.15) is 0 Å². The predicted molar refractivity (Wildman–Crippen MR) is 139 cm³/mol. The lowest BCUT2D eigenvalue weighted by Gasteiger charge is -2.40. The third-order valence-corrected chi connectivity index (χ3v) is 6.70. The molecule has 3 rings (SSSR count). The van der Waals surface area contributed by atoms with Crippen LogP contribution in [-0.4, -0.2) is 55.0 Å². The highest BCUT2D eigenvalue weighted by Crippen LogP contribution is 2.63. The minimum Gasteiger partial charge on any atom is -0.462 e. The highest BCUT2D eigenvalue weighted by molar-refractivity contribution is 6.10. The molecule has 0 N–H and O–H groups in total. The van der Waals surface area contributed by atoms with Gasteiger partial charge < -0.3 is 9.47 Å². The monoisotopic (exact) mass is 692 g/mol. The number of alkyl halides is 13. The van der Waals surface area contributed by atoms with Crippen LogP contribution in [0, 0.1) is 0 Å². The smallest absolute Gasteiger partial charge is 0.460 e. The Hall–Kier alpha value is -4.31. The van der Waals surface area contributed by atoms with Crippen molar-refractivity contribution >= 4 is 11.9 Å². The molecule has 0 aromatic heterocycles. The summed E-state index contributed by atoms with van der Waals surface area (Å²) in [6.07, 6.45) is -7.61. The Morgan fingerprint density at radius 2 is 0.957 bits per heavy atom. The first kappa shape index (κ1) is 37.2. The minimum absolute atomic E-state index is 0.0942. The summed E-state index contributed by atoms with van der Waals surface area (Å²) >= 11 is 0. The molecule has 0 heterocycles. The first-order valence-electron chi connectivity index (χ1n) is 13.2. The van der Waals surface area contributed by atoms with Crippen LogP contribution in [0.3, 0.4) is 0 Å². The van der Waals surface area contributed by atoms with E-state index in [0.717, 1.165) is 19.1 Å². The van der Waals surface area contributed by atoms with Gasteiger partial charge in [-0.05, 0) is 31.0 Å². The summed E-state index contributed by atoms with van der Waals surface area (Å²) in [7, 11) is 0. The first-order valence-corrected chi connectivity index (χ1v) is 13.2. The van der Waals surface area contributed by atoms with Crippen molar-refractivity contribution in [2.75, 3.05) is 13.2 Å². The largest absolute Gasteiger partial charge is 0.462 e. The number of hydrogen-bond acceptors (Lipinski definition) is 4. The summed E-state index contributed by atoms with van der Waals surface area (Å²) in [4.78, 5) is 26.3. The van der Waals surface area contributed by atoms with Gasteiger partial charge in [-0.2, -0.15) is 57.1 Å². The van der Waals surface area contributed by atoms with Gasteiger partial charge in [0.2, 0.25) is 0 Å². The molecule has 0 bridgehead atoms. The second kappa shape index (κ2) is 12.7. The van der Waals surface area contributed by atoms with Crippen LogP contribution in [0.15, 0.2) is 66.7 Å². The molecule has 0 aliphatic heterocycles. The number of carbonyl (C=O) groups is 2. The van der Waals surface area contributed by atoms with E-state index in [2.05, 4.69) is 0 Å². The van der Waals surface area contributed by atoms with E-state index in [1.54, 1.807) is 0 Å². The van der Waals surface area contributed by atoms with Gasteiger partial charge in [-0.25, -0.2) is 9.59 Å². The Labute approximate surface area is 257 Å². The van der Waals surface area contributed by atoms with Crippen molar-refractivity contribution in [1.82, 2.24) is 0 Å². The zero-order valence-corrected chi connectivity index (χ0v) is 23.8. The van der Waals surface area contributed by atoms with E-state index in [1.165, 1.54) is 55.5 Å². The molecule has 0 fully saturated rings. The second-order valence-corrected chi connectivity index (χ2v) is 9.64. The molecule has 4 nitrogen and oxygen atoms in total. The van der Waals surface area contributed by atoms with Gasteiger partial charge in [-0.15, -0.1) is 0 Å². The molecule has 0 atom stereocenters. The van der Waals surface area contributed by atoms with Crippen LogP contribution in [0.1, 0.15) is 40.1 Å². The molecule has 3 aromatic carbocycles. The lowest BCUT2D eigenvalue weighted by Crippen LogP contribution is -2.69. The molecular weight excluding hydrogens is 671 g/mol. The zero-order valence-electron chi connectivity index (χ0n) is 23.8. The Balaban J connectivity index is 2.61. The average Bonchev–Trinajstić information content (AvgIpc) is 3.00. The summed E-state index contributed by atoms with van der Waals surface area (Å²) in [6, 6.07) is 12.2. The number of esters is 2. The van der Waals surface area contributed by atoms with Gasteiger partial charge in [0, 0.05) is 16.7 Å². The van der Waals surface area contributed by atoms with Crippen LogP contribution < -0.4 is 0 Å². The summed E-state index contributed by atoms with van der Waals surface area (Å²) in [5.41, 5.74) is -7.34. The molecule has 47 heavy (non-hydrogen) atoms. The molecule has 0 spiro atoms. The van der Waals surface area contributed by atoms with Gasteiger partial charge in [-0.3, -0.25) is 0 Å². The Bertz CT molecular complexity index is 1600. The van der Waals surface area contributed by atoms with Gasteiger partial charge in [-0.1, -0.05) is 60.7 Å². The van der Waals surface area contributed by atoms with E-state index >= 15 is 17.6 Å². The topological polar surface area (TPSA) is 52.6 Å². The van der Waals surface area contributed by atoms with Crippen LogP contribution in [0.5, 0.6) is 0 Å². The van der Waals surface area contributed by atoms with Crippen LogP contribution >= 0.6 is 0 Å². The normalized spacial score (nSPS) is 13.3. The Morgan fingerprint density at radius 3 is 1.38 bits per heavy atom. The maximum absolute atomic E-state index is 15.9. The molecule has 0 amide bonds. The van der Waals surface area contributed by atoms with E-state index in [-0.39, 0.29) is 17.2 Å². The van der Waals surface area contributed by atoms with Gasteiger partial charge in [0.05, 0.1) is 24.3 Å². The number of rotatable bonds is 11. The summed E-state index contributed by atoms with van der Waals surface area (Å²) in [5.74, 6) is -42.6. The molecule has 0 unspecified atom stereocenters. The highest BCUT2D eigenvalue weighted by Gasteiger charge is 2.91. The van der Waals surface area contributed by atoms with E-state index in [9.17, 15) is 49.1 Å². The highest BCUT2D eigenvalue weighted by atomic mass is 19.4. The van der Waals surface area contributed by atoms with Gasteiger partial charge in [0.15, 0.2) is 0 Å². The van der Waals surface area contributed by atoms with E-state index in [0.29, 0.717) is 0 Å². The zero-order chi connectivity index (χ0) is 35.8. The van der Waals surface area contributed by atoms with Crippen molar-refractivity contribution < 1.29 is 76.1 Å². The summed E-state index contributed by atoms with van der Waals surface area (Å²) in [5, 5.41) is 0. The van der Waals surface area contributed by atoms with Crippen molar-refractivity contribution in [2.24, 2.45) is 0 Å². The fraction of sp³-hybridized carbons (Fsp3) is 0.333. The summed E-state index contributed by atoms with van der Waals surface area (Å²) in [6.45, 7) is 1.09. The van der Waals surface area contributed by atoms with E-state index in [1.807, 2.05) is 0 Å². The number of hydrogen-bond donors (Lipinski definition) is 0. The fourth-order valence-corrected chi connectivity index (χ4v) is 4.45.